The number of hydrogen-bond donors (Lipinski definition) is 1. The zero-order valence-corrected chi connectivity index (χ0v) is 14.8. The van der Waals surface area contributed by atoms with Crippen LogP contribution in [0.25, 0.3) is 5.78 Å². The number of halogens is 3. The first-order valence-electron chi connectivity index (χ1n) is 8.36. The molecule has 0 saturated carbocycles. The lowest BCUT2D eigenvalue weighted by molar-refractivity contribution is -0.144. The van der Waals surface area contributed by atoms with Crippen molar-refractivity contribution in [2.24, 2.45) is 0 Å². The quantitative estimate of drug-likeness (QED) is 0.742. The van der Waals surface area contributed by atoms with Gasteiger partial charge in [0.1, 0.15) is 0 Å². The highest BCUT2D eigenvalue weighted by Crippen LogP contribution is 2.27. The van der Waals surface area contributed by atoms with E-state index in [0.29, 0.717) is 29.9 Å². The summed E-state index contributed by atoms with van der Waals surface area (Å²) in [5.41, 5.74) is 2.72. The van der Waals surface area contributed by atoms with Crippen LogP contribution in [-0.2, 0) is 23.9 Å². The molecule has 3 aromatic rings. The fourth-order valence-electron chi connectivity index (χ4n) is 2.81. The van der Waals surface area contributed by atoms with Crippen molar-refractivity contribution in [2.45, 2.75) is 39.4 Å². The number of aryl methyl sites for hydroxylation is 2. The minimum Gasteiger partial charge on any atom is -0.352 e. The van der Waals surface area contributed by atoms with E-state index in [9.17, 15) is 18.0 Å². The maximum absolute atomic E-state index is 12.8. The number of carbonyl (C=O) groups is 1. The number of fused-ring (bicyclic) bond motifs is 1. The molecule has 27 heavy (non-hydrogen) atoms. The molecule has 0 atom stereocenters. The van der Waals surface area contributed by atoms with Crippen molar-refractivity contribution in [3.8, 4) is 0 Å². The molecule has 0 saturated heterocycles. The van der Waals surface area contributed by atoms with E-state index in [4.69, 9.17) is 0 Å². The lowest BCUT2D eigenvalue weighted by atomic mass is 10.1. The highest BCUT2D eigenvalue weighted by atomic mass is 19.4. The average Bonchev–Trinajstić information content (AvgIpc) is 3.05. The average molecular weight is 377 g/mol. The predicted molar refractivity (Wildman–Crippen MR) is 91.9 cm³/mol. The Bertz CT molecular complexity index is 967. The molecule has 0 radical (unpaired) electrons. The standard InChI is InChI=1S/C18H18F3N5O/c1-11-14(8-9-15(27)22-10-13-6-4-3-5-7-13)12(2)26-17(23-11)24-16(25-26)18(19,20)21/h3-7H,8-10H2,1-2H3,(H,22,27). The summed E-state index contributed by atoms with van der Waals surface area (Å²) in [5.74, 6) is -1.47. The molecule has 2 heterocycles. The molecule has 1 amide bonds. The Morgan fingerprint density at radius 3 is 2.52 bits per heavy atom. The van der Waals surface area contributed by atoms with Crippen LogP contribution in [0.2, 0.25) is 0 Å². The van der Waals surface area contributed by atoms with Gasteiger partial charge in [-0.15, -0.1) is 5.10 Å². The molecule has 1 N–H and O–H groups in total. The minimum atomic E-state index is -4.63. The minimum absolute atomic E-state index is 0.102. The van der Waals surface area contributed by atoms with Gasteiger partial charge >= 0.3 is 6.18 Å². The molecule has 1 aromatic carbocycles. The van der Waals surface area contributed by atoms with E-state index in [1.54, 1.807) is 13.8 Å². The summed E-state index contributed by atoms with van der Waals surface area (Å²) in [5, 5.41) is 6.33. The molecule has 0 aliphatic rings. The molecule has 0 aliphatic carbocycles. The number of amides is 1. The van der Waals surface area contributed by atoms with Crippen LogP contribution in [0.3, 0.4) is 0 Å². The van der Waals surface area contributed by atoms with Crippen molar-refractivity contribution in [3.63, 3.8) is 0 Å². The number of nitrogens with zero attached hydrogens (tertiary/aromatic N) is 4. The van der Waals surface area contributed by atoms with Gasteiger partial charge in [-0.1, -0.05) is 30.3 Å². The zero-order chi connectivity index (χ0) is 19.6. The van der Waals surface area contributed by atoms with Crippen molar-refractivity contribution >= 4 is 11.7 Å². The third-order valence-electron chi connectivity index (χ3n) is 4.24. The summed E-state index contributed by atoms with van der Waals surface area (Å²) in [7, 11) is 0. The van der Waals surface area contributed by atoms with E-state index in [-0.39, 0.29) is 18.1 Å². The number of nitrogens with one attached hydrogen (secondary N) is 1. The van der Waals surface area contributed by atoms with Crippen LogP contribution in [0.4, 0.5) is 13.2 Å². The summed E-state index contributed by atoms with van der Waals surface area (Å²) >= 11 is 0. The Balaban J connectivity index is 1.71. The zero-order valence-electron chi connectivity index (χ0n) is 14.8. The lowest BCUT2D eigenvalue weighted by Gasteiger charge is -2.10. The number of aromatic nitrogens is 4. The van der Waals surface area contributed by atoms with Crippen LogP contribution in [-0.4, -0.2) is 25.5 Å². The number of rotatable bonds is 5. The van der Waals surface area contributed by atoms with Crippen molar-refractivity contribution < 1.29 is 18.0 Å². The van der Waals surface area contributed by atoms with Crippen LogP contribution in [0.1, 0.15) is 34.8 Å². The summed E-state index contributed by atoms with van der Waals surface area (Å²) in [4.78, 5) is 19.6. The maximum atomic E-state index is 12.8. The summed E-state index contributed by atoms with van der Waals surface area (Å²) in [6.45, 7) is 3.76. The lowest BCUT2D eigenvalue weighted by Crippen LogP contribution is -2.23. The molecule has 142 valence electrons. The molecular weight excluding hydrogens is 359 g/mol. The van der Waals surface area contributed by atoms with E-state index < -0.39 is 12.0 Å². The molecule has 0 bridgehead atoms. The number of carbonyl (C=O) groups excluding carboxylic acids is 1. The number of alkyl halides is 3. The van der Waals surface area contributed by atoms with E-state index >= 15 is 0 Å². The summed E-state index contributed by atoms with van der Waals surface area (Å²) in [6, 6.07) is 9.50. The van der Waals surface area contributed by atoms with Gasteiger partial charge in [0, 0.05) is 24.4 Å². The third-order valence-corrected chi connectivity index (χ3v) is 4.24. The van der Waals surface area contributed by atoms with Gasteiger partial charge in [0.2, 0.25) is 5.91 Å². The Morgan fingerprint density at radius 2 is 1.85 bits per heavy atom. The van der Waals surface area contributed by atoms with E-state index in [0.717, 1.165) is 10.1 Å². The molecule has 9 heteroatoms. The van der Waals surface area contributed by atoms with Gasteiger partial charge in [-0.05, 0) is 31.4 Å². The number of benzene rings is 1. The molecule has 3 rings (SSSR count). The molecular formula is C18H18F3N5O. The van der Waals surface area contributed by atoms with Crippen LogP contribution < -0.4 is 5.32 Å². The van der Waals surface area contributed by atoms with E-state index in [2.05, 4.69) is 20.4 Å². The molecule has 6 nitrogen and oxygen atoms in total. The van der Waals surface area contributed by atoms with Gasteiger partial charge in [0.25, 0.3) is 11.6 Å². The Labute approximate surface area is 153 Å². The molecule has 0 aliphatic heterocycles. The predicted octanol–water partition coefficient (Wildman–Crippen LogP) is 3.01. The van der Waals surface area contributed by atoms with Crippen molar-refractivity contribution in [3.05, 3.63) is 58.7 Å². The fourth-order valence-corrected chi connectivity index (χ4v) is 2.81. The van der Waals surface area contributed by atoms with Gasteiger partial charge in [0.15, 0.2) is 0 Å². The second kappa shape index (κ2) is 7.34. The highest BCUT2D eigenvalue weighted by Gasteiger charge is 2.36. The maximum Gasteiger partial charge on any atom is 0.453 e. The SMILES string of the molecule is Cc1nc2nc(C(F)(F)F)nn2c(C)c1CCC(=O)NCc1ccccc1. The summed E-state index contributed by atoms with van der Waals surface area (Å²) < 4.78 is 39.5. The van der Waals surface area contributed by atoms with E-state index in [1.165, 1.54) is 0 Å². The summed E-state index contributed by atoms with van der Waals surface area (Å²) in [6.07, 6.45) is -4.09. The Kier molecular flexibility index (Phi) is 5.11. The fraction of sp³-hybridized carbons (Fsp3) is 0.333. The smallest absolute Gasteiger partial charge is 0.352 e. The monoisotopic (exact) mass is 377 g/mol. The largest absolute Gasteiger partial charge is 0.453 e. The van der Waals surface area contributed by atoms with Gasteiger partial charge < -0.3 is 5.32 Å². The van der Waals surface area contributed by atoms with Crippen LogP contribution >= 0.6 is 0 Å². The second-order valence-corrected chi connectivity index (χ2v) is 6.17. The van der Waals surface area contributed by atoms with Crippen molar-refractivity contribution in [1.29, 1.82) is 0 Å². The first-order chi connectivity index (χ1) is 12.8. The van der Waals surface area contributed by atoms with Gasteiger partial charge in [-0.25, -0.2) is 9.50 Å². The van der Waals surface area contributed by atoms with Crippen LogP contribution in [0.15, 0.2) is 30.3 Å². The van der Waals surface area contributed by atoms with E-state index in [1.807, 2.05) is 30.3 Å². The Morgan fingerprint density at radius 1 is 1.15 bits per heavy atom. The molecule has 2 aromatic heterocycles. The molecule has 0 fully saturated rings. The van der Waals surface area contributed by atoms with Crippen molar-refractivity contribution in [2.75, 3.05) is 0 Å². The second-order valence-electron chi connectivity index (χ2n) is 6.17. The highest BCUT2D eigenvalue weighted by molar-refractivity contribution is 5.76. The van der Waals surface area contributed by atoms with Crippen molar-refractivity contribution in [1.82, 2.24) is 24.9 Å². The first kappa shape index (κ1) is 18.8. The van der Waals surface area contributed by atoms with Gasteiger partial charge in [-0.2, -0.15) is 18.2 Å². The molecule has 0 unspecified atom stereocenters. The van der Waals surface area contributed by atoms with Gasteiger partial charge in [-0.3, -0.25) is 4.79 Å². The van der Waals surface area contributed by atoms with Crippen LogP contribution in [0, 0.1) is 13.8 Å². The number of hydrogen-bond acceptors (Lipinski definition) is 4. The topological polar surface area (TPSA) is 72.2 Å². The molecule has 0 spiro atoms. The third kappa shape index (κ3) is 4.24. The van der Waals surface area contributed by atoms with Gasteiger partial charge in [0.05, 0.1) is 0 Å². The normalized spacial score (nSPS) is 11.7. The first-order valence-corrected chi connectivity index (χ1v) is 8.36. The van der Waals surface area contributed by atoms with Crippen LogP contribution in [0.5, 0.6) is 0 Å². The Hall–Kier alpha value is -2.97.